The first-order chi connectivity index (χ1) is 14.4. The van der Waals surface area contributed by atoms with Crippen LogP contribution in [0.3, 0.4) is 0 Å². The number of ether oxygens (including phenoxy) is 1. The highest BCUT2D eigenvalue weighted by molar-refractivity contribution is 6.33. The van der Waals surface area contributed by atoms with E-state index in [9.17, 15) is 14.7 Å². The van der Waals surface area contributed by atoms with Gasteiger partial charge in [-0.25, -0.2) is 4.79 Å². The number of Topliss-reactive ketones (excluding diaryl/α,β-unsaturated/α-hetero) is 1. The molecule has 3 aliphatic rings. The van der Waals surface area contributed by atoms with E-state index in [2.05, 4.69) is 13.0 Å². The highest BCUT2D eigenvalue weighted by Gasteiger charge is 2.52. The van der Waals surface area contributed by atoms with Gasteiger partial charge in [-0.05, 0) is 85.0 Å². The van der Waals surface area contributed by atoms with Gasteiger partial charge in [-0.15, -0.1) is 0 Å². The molecule has 168 valence electrons. The van der Waals surface area contributed by atoms with Crippen LogP contribution in [0.5, 0.6) is 5.75 Å². The molecule has 4 rings (SSSR count). The van der Waals surface area contributed by atoms with Gasteiger partial charge < -0.3 is 9.84 Å². The number of aliphatic hydroxyl groups is 1. The van der Waals surface area contributed by atoms with Crippen molar-refractivity contribution >= 4 is 11.8 Å². The summed E-state index contributed by atoms with van der Waals surface area (Å²) in [5.41, 5.74) is 2.71. The van der Waals surface area contributed by atoms with Gasteiger partial charge in [0.1, 0.15) is 5.75 Å². The van der Waals surface area contributed by atoms with E-state index in [0.717, 1.165) is 38.5 Å². The van der Waals surface area contributed by atoms with E-state index < -0.39 is 11.8 Å². The van der Waals surface area contributed by atoms with Gasteiger partial charge in [0.25, 0.3) is 0 Å². The summed E-state index contributed by atoms with van der Waals surface area (Å²) in [4.78, 5) is 22.7. The molecule has 0 bridgehead atoms. The maximum Gasteiger partial charge on any atom is 0.379 e. The molecule has 1 N–H and O–H groups in total. The molecule has 0 radical (unpaired) electrons. The summed E-state index contributed by atoms with van der Waals surface area (Å²) in [6.45, 7) is 11.5. The van der Waals surface area contributed by atoms with Gasteiger partial charge >= 0.3 is 5.97 Å². The fourth-order valence-electron chi connectivity index (χ4n) is 5.97. The van der Waals surface area contributed by atoms with Crippen LogP contribution in [0, 0.1) is 17.3 Å². The van der Waals surface area contributed by atoms with Crippen LogP contribution in [0.2, 0.25) is 0 Å². The minimum atomic E-state index is -0.803. The Bertz CT molecular complexity index is 741. The second-order valence-corrected chi connectivity index (χ2v) is 8.71. The highest BCUT2D eigenvalue weighted by Crippen LogP contribution is 2.59. The van der Waals surface area contributed by atoms with Crippen LogP contribution >= 0.6 is 0 Å². The number of carbonyl (C=O) groups excluding carboxylic acids is 2. The molecule has 1 aromatic carbocycles. The maximum atomic E-state index is 11.5. The summed E-state index contributed by atoms with van der Waals surface area (Å²) < 4.78 is 5.17. The van der Waals surface area contributed by atoms with Crippen molar-refractivity contribution in [2.75, 3.05) is 0 Å². The van der Waals surface area contributed by atoms with E-state index in [0.29, 0.717) is 23.5 Å². The number of esters is 1. The van der Waals surface area contributed by atoms with Crippen molar-refractivity contribution in [2.45, 2.75) is 98.5 Å². The summed E-state index contributed by atoms with van der Waals surface area (Å²) in [5.74, 6) is 0.875. The van der Waals surface area contributed by atoms with Crippen LogP contribution < -0.4 is 4.74 Å². The minimum Gasteiger partial charge on any atom is -0.421 e. The predicted molar refractivity (Wildman–Crippen MR) is 121 cm³/mol. The lowest BCUT2D eigenvalue weighted by Crippen LogP contribution is -2.51. The van der Waals surface area contributed by atoms with Crippen LogP contribution in [0.25, 0.3) is 0 Å². The van der Waals surface area contributed by atoms with E-state index in [1.807, 2.05) is 39.8 Å². The molecule has 0 saturated heterocycles. The van der Waals surface area contributed by atoms with Gasteiger partial charge in [-0.2, -0.15) is 0 Å². The number of aryl methyl sites for hydroxylation is 1. The summed E-state index contributed by atoms with van der Waals surface area (Å²) in [5, 5.41) is 10.6. The van der Waals surface area contributed by atoms with Crippen molar-refractivity contribution in [3.8, 4) is 5.75 Å². The maximum absolute atomic E-state index is 11.5. The summed E-state index contributed by atoms with van der Waals surface area (Å²) in [7, 11) is 0. The van der Waals surface area contributed by atoms with E-state index in [4.69, 9.17) is 4.74 Å². The van der Waals surface area contributed by atoms with E-state index >= 15 is 0 Å². The van der Waals surface area contributed by atoms with Gasteiger partial charge in [0.2, 0.25) is 5.78 Å². The molecule has 4 heteroatoms. The van der Waals surface area contributed by atoms with Gasteiger partial charge in [-0.1, -0.05) is 47.1 Å². The topological polar surface area (TPSA) is 63.6 Å². The standard InChI is InChI=1S/C22H28O4.2C2H6/c1-13(23)21(25)26-15-7-9-16-14(12-15)6-8-18-17(16)10-11-22(2)19(18)4-3-5-20(22)24;2*1-2/h7,9,12,17-20,24H,3-6,8,10-11H2,1-2H3;2*1-2H3. The summed E-state index contributed by atoms with van der Waals surface area (Å²) >= 11 is 0. The lowest BCUT2D eigenvalue weighted by atomic mass is 9.50. The predicted octanol–water partition coefficient (Wildman–Crippen LogP) is 5.84. The summed E-state index contributed by atoms with van der Waals surface area (Å²) in [6, 6.07) is 5.86. The molecular weight excluding hydrogens is 376 g/mol. The fourth-order valence-corrected chi connectivity index (χ4v) is 5.97. The Morgan fingerprint density at radius 3 is 2.43 bits per heavy atom. The Labute approximate surface area is 182 Å². The first kappa shape index (κ1) is 24.6. The number of ketones is 1. The van der Waals surface area contributed by atoms with Crippen LogP contribution in [0.15, 0.2) is 18.2 Å². The second kappa shape index (κ2) is 10.6. The second-order valence-electron chi connectivity index (χ2n) is 8.71. The SMILES string of the molecule is CC.CC.CC(=O)C(=O)Oc1ccc2c(c1)CCC1C2CCC2(C)C(O)CCCC12. The molecule has 30 heavy (non-hydrogen) atoms. The molecule has 0 aliphatic heterocycles. The minimum absolute atomic E-state index is 0.0773. The highest BCUT2D eigenvalue weighted by atomic mass is 16.5. The first-order valence-corrected chi connectivity index (χ1v) is 11.9. The van der Waals surface area contributed by atoms with Crippen molar-refractivity contribution in [3.05, 3.63) is 29.3 Å². The van der Waals surface area contributed by atoms with Gasteiger partial charge in [0.15, 0.2) is 0 Å². The zero-order valence-corrected chi connectivity index (χ0v) is 19.7. The first-order valence-electron chi connectivity index (χ1n) is 11.9. The van der Waals surface area contributed by atoms with Crippen LogP contribution in [0.1, 0.15) is 97.1 Å². The molecule has 5 unspecified atom stereocenters. The largest absolute Gasteiger partial charge is 0.421 e. The third-order valence-electron chi connectivity index (χ3n) is 7.39. The number of benzene rings is 1. The van der Waals surface area contributed by atoms with Crippen LogP contribution in [-0.4, -0.2) is 23.0 Å². The van der Waals surface area contributed by atoms with E-state index in [-0.39, 0.29) is 11.5 Å². The van der Waals surface area contributed by atoms with Gasteiger partial charge in [0, 0.05) is 6.92 Å². The molecule has 0 heterocycles. The molecular formula is C26H40O4. The number of hydrogen-bond donors (Lipinski definition) is 1. The lowest BCUT2D eigenvalue weighted by Gasteiger charge is -2.56. The third kappa shape index (κ3) is 4.64. The number of hydrogen-bond acceptors (Lipinski definition) is 4. The Kier molecular flexibility index (Phi) is 8.66. The van der Waals surface area contributed by atoms with Crippen molar-refractivity contribution < 1.29 is 19.4 Å². The molecule has 3 aliphatic carbocycles. The smallest absolute Gasteiger partial charge is 0.379 e. The number of rotatable bonds is 2. The quantitative estimate of drug-likeness (QED) is 0.374. The van der Waals surface area contributed by atoms with Crippen molar-refractivity contribution in [3.63, 3.8) is 0 Å². The molecule has 0 spiro atoms. The number of aliphatic hydroxyl groups excluding tert-OH is 1. The van der Waals surface area contributed by atoms with Crippen LogP contribution in [-0.2, 0) is 16.0 Å². The van der Waals surface area contributed by atoms with Crippen molar-refractivity contribution in [2.24, 2.45) is 17.3 Å². The third-order valence-corrected chi connectivity index (χ3v) is 7.39. The Hall–Kier alpha value is -1.68. The van der Waals surface area contributed by atoms with Crippen LogP contribution in [0.4, 0.5) is 0 Å². The average molecular weight is 417 g/mol. The number of fused-ring (bicyclic) bond motifs is 5. The van der Waals surface area contributed by atoms with Gasteiger partial charge in [-0.3, -0.25) is 4.79 Å². The monoisotopic (exact) mass is 416 g/mol. The Morgan fingerprint density at radius 1 is 1.07 bits per heavy atom. The van der Waals surface area contributed by atoms with Crippen molar-refractivity contribution in [1.82, 2.24) is 0 Å². The molecule has 0 amide bonds. The molecule has 2 saturated carbocycles. The zero-order chi connectivity index (χ0) is 22.5. The van der Waals surface area contributed by atoms with E-state index in [1.165, 1.54) is 24.5 Å². The van der Waals surface area contributed by atoms with Gasteiger partial charge in [0.05, 0.1) is 6.10 Å². The molecule has 2 fully saturated rings. The fraction of sp³-hybridized carbons (Fsp3) is 0.692. The molecule has 0 aromatic heterocycles. The summed E-state index contributed by atoms with van der Waals surface area (Å²) in [6.07, 6.45) is 7.48. The normalized spacial score (nSPS) is 31.3. The average Bonchev–Trinajstić information content (AvgIpc) is 2.77. The van der Waals surface area contributed by atoms with E-state index in [1.54, 1.807) is 0 Å². The zero-order valence-electron chi connectivity index (χ0n) is 19.7. The Morgan fingerprint density at radius 2 is 1.77 bits per heavy atom. The lowest BCUT2D eigenvalue weighted by molar-refractivity contribution is -0.146. The number of carbonyl (C=O) groups is 2. The molecule has 1 aromatic rings. The Balaban J connectivity index is 0.000000757. The van der Waals surface area contributed by atoms with Crippen molar-refractivity contribution in [1.29, 1.82) is 0 Å². The molecule has 4 nitrogen and oxygen atoms in total. The molecule has 5 atom stereocenters.